The Bertz CT molecular complexity index is 744. The number of benzene rings is 2. The Labute approximate surface area is 167 Å². The highest BCUT2D eigenvalue weighted by Crippen LogP contribution is 2.26. The minimum absolute atomic E-state index is 0. The van der Waals surface area contributed by atoms with Crippen molar-refractivity contribution in [2.45, 2.75) is 20.4 Å². The Balaban J connectivity index is 0.00000261. The molecular weight excluding hydrogens is 364 g/mol. The topological polar surface area (TPSA) is 50.8 Å². The van der Waals surface area contributed by atoms with Crippen molar-refractivity contribution in [3.8, 4) is 0 Å². The van der Waals surface area contributed by atoms with E-state index in [9.17, 15) is 4.79 Å². The van der Waals surface area contributed by atoms with Gasteiger partial charge in [0, 0.05) is 25.3 Å². The standard InChI is InChI=1S/C21H26N2O3.ClH/c1-3-26-21(24)19-14-18(22-15-17-6-4-16(2)5-7-17)8-9-20(19)23-10-12-25-13-11-23;/h4-9,14,22H,3,10-13,15H2,1-2H3;1H. The summed E-state index contributed by atoms with van der Waals surface area (Å²) in [5, 5.41) is 3.40. The molecule has 0 saturated carbocycles. The van der Waals surface area contributed by atoms with Crippen molar-refractivity contribution in [2.24, 2.45) is 0 Å². The average molecular weight is 391 g/mol. The highest BCUT2D eigenvalue weighted by atomic mass is 35.5. The number of hydrogen-bond acceptors (Lipinski definition) is 5. The van der Waals surface area contributed by atoms with Crippen LogP contribution in [-0.2, 0) is 16.0 Å². The molecule has 6 heteroatoms. The number of nitrogens with one attached hydrogen (secondary N) is 1. The quantitative estimate of drug-likeness (QED) is 0.754. The summed E-state index contributed by atoms with van der Waals surface area (Å²) >= 11 is 0. The minimum atomic E-state index is -0.284. The lowest BCUT2D eigenvalue weighted by molar-refractivity contribution is 0.0526. The number of rotatable bonds is 6. The van der Waals surface area contributed by atoms with Crippen molar-refractivity contribution < 1.29 is 14.3 Å². The molecular formula is C21H27ClN2O3. The smallest absolute Gasteiger partial charge is 0.340 e. The third-order valence-corrected chi connectivity index (χ3v) is 4.46. The van der Waals surface area contributed by atoms with E-state index in [0.717, 1.165) is 24.5 Å². The number of anilines is 2. The Morgan fingerprint density at radius 3 is 2.52 bits per heavy atom. The molecule has 0 aromatic heterocycles. The zero-order chi connectivity index (χ0) is 18.4. The van der Waals surface area contributed by atoms with Crippen LogP contribution in [0.25, 0.3) is 0 Å². The molecule has 1 aliphatic heterocycles. The van der Waals surface area contributed by atoms with Crippen LogP contribution in [0.3, 0.4) is 0 Å². The number of aryl methyl sites for hydroxylation is 1. The van der Waals surface area contributed by atoms with Crippen molar-refractivity contribution in [1.82, 2.24) is 0 Å². The second kappa shape index (κ2) is 10.2. The molecule has 0 unspecified atom stereocenters. The molecule has 2 aromatic carbocycles. The average Bonchev–Trinajstić information content (AvgIpc) is 2.68. The largest absolute Gasteiger partial charge is 0.462 e. The Morgan fingerprint density at radius 1 is 1.15 bits per heavy atom. The number of morpholine rings is 1. The lowest BCUT2D eigenvalue weighted by Crippen LogP contribution is -2.37. The van der Waals surface area contributed by atoms with E-state index in [2.05, 4.69) is 41.4 Å². The van der Waals surface area contributed by atoms with Crippen LogP contribution >= 0.6 is 12.4 Å². The predicted molar refractivity (Wildman–Crippen MR) is 111 cm³/mol. The Kier molecular flexibility index (Phi) is 7.95. The first-order valence-electron chi connectivity index (χ1n) is 9.10. The van der Waals surface area contributed by atoms with E-state index in [0.29, 0.717) is 31.9 Å². The minimum Gasteiger partial charge on any atom is -0.462 e. The van der Waals surface area contributed by atoms with Crippen molar-refractivity contribution in [2.75, 3.05) is 43.1 Å². The van der Waals surface area contributed by atoms with E-state index in [1.54, 1.807) is 0 Å². The van der Waals surface area contributed by atoms with Gasteiger partial charge in [0.25, 0.3) is 0 Å². The van der Waals surface area contributed by atoms with Crippen LogP contribution in [-0.4, -0.2) is 38.9 Å². The maximum Gasteiger partial charge on any atom is 0.340 e. The molecule has 146 valence electrons. The fraction of sp³-hybridized carbons (Fsp3) is 0.381. The summed E-state index contributed by atoms with van der Waals surface area (Å²) in [5.41, 5.74) is 4.86. The van der Waals surface area contributed by atoms with Crippen LogP contribution in [0, 0.1) is 6.92 Å². The number of carbonyl (C=O) groups excluding carboxylic acids is 1. The van der Waals surface area contributed by atoms with Crippen LogP contribution in [0.1, 0.15) is 28.4 Å². The number of esters is 1. The summed E-state index contributed by atoms with van der Waals surface area (Å²) in [6, 6.07) is 14.3. The molecule has 1 fully saturated rings. The summed E-state index contributed by atoms with van der Waals surface area (Å²) < 4.78 is 10.7. The summed E-state index contributed by atoms with van der Waals surface area (Å²) in [7, 11) is 0. The first kappa shape index (κ1) is 21.1. The molecule has 0 atom stereocenters. The van der Waals surface area contributed by atoms with Gasteiger partial charge < -0.3 is 19.7 Å². The van der Waals surface area contributed by atoms with E-state index in [1.165, 1.54) is 11.1 Å². The van der Waals surface area contributed by atoms with Crippen LogP contribution in [0.4, 0.5) is 11.4 Å². The van der Waals surface area contributed by atoms with Gasteiger partial charge in [0.05, 0.1) is 31.1 Å². The number of ether oxygens (including phenoxy) is 2. The molecule has 0 spiro atoms. The van der Waals surface area contributed by atoms with Gasteiger partial charge in [0.2, 0.25) is 0 Å². The first-order chi connectivity index (χ1) is 12.7. The maximum atomic E-state index is 12.5. The molecule has 1 N–H and O–H groups in total. The number of halogens is 1. The van der Waals surface area contributed by atoms with E-state index >= 15 is 0 Å². The van der Waals surface area contributed by atoms with E-state index < -0.39 is 0 Å². The summed E-state index contributed by atoms with van der Waals surface area (Å²) in [4.78, 5) is 14.6. The van der Waals surface area contributed by atoms with Gasteiger partial charge >= 0.3 is 5.97 Å². The summed E-state index contributed by atoms with van der Waals surface area (Å²) in [6.07, 6.45) is 0. The van der Waals surface area contributed by atoms with Crippen molar-refractivity contribution in [3.05, 3.63) is 59.2 Å². The molecule has 5 nitrogen and oxygen atoms in total. The lowest BCUT2D eigenvalue weighted by atomic mass is 10.1. The Morgan fingerprint density at radius 2 is 1.85 bits per heavy atom. The predicted octanol–water partition coefficient (Wildman–Crippen LogP) is 4.04. The van der Waals surface area contributed by atoms with Gasteiger partial charge in [-0.15, -0.1) is 12.4 Å². The summed E-state index contributed by atoms with van der Waals surface area (Å²) in [5.74, 6) is -0.284. The lowest BCUT2D eigenvalue weighted by Gasteiger charge is -2.30. The molecule has 27 heavy (non-hydrogen) atoms. The van der Waals surface area contributed by atoms with E-state index in [1.807, 2.05) is 25.1 Å². The molecule has 1 aliphatic rings. The molecule has 1 saturated heterocycles. The molecule has 3 rings (SSSR count). The monoisotopic (exact) mass is 390 g/mol. The Hall–Kier alpha value is -2.24. The van der Waals surface area contributed by atoms with E-state index in [4.69, 9.17) is 9.47 Å². The zero-order valence-electron chi connectivity index (χ0n) is 15.9. The highest BCUT2D eigenvalue weighted by Gasteiger charge is 2.20. The number of nitrogens with zero attached hydrogens (tertiary/aromatic N) is 1. The third-order valence-electron chi connectivity index (χ3n) is 4.46. The van der Waals surface area contributed by atoms with Crippen molar-refractivity contribution in [3.63, 3.8) is 0 Å². The van der Waals surface area contributed by atoms with Gasteiger partial charge in [-0.2, -0.15) is 0 Å². The maximum absolute atomic E-state index is 12.5. The zero-order valence-corrected chi connectivity index (χ0v) is 16.7. The van der Waals surface area contributed by atoms with Crippen LogP contribution in [0.15, 0.2) is 42.5 Å². The van der Waals surface area contributed by atoms with E-state index in [-0.39, 0.29) is 18.4 Å². The molecule has 0 aliphatic carbocycles. The van der Waals surface area contributed by atoms with Gasteiger partial charge in [0.15, 0.2) is 0 Å². The summed E-state index contributed by atoms with van der Waals surface area (Å²) in [6.45, 7) is 7.89. The second-order valence-electron chi connectivity index (χ2n) is 6.39. The second-order valence-corrected chi connectivity index (χ2v) is 6.39. The molecule has 2 aromatic rings. The van der Waals surface area contributed by atoms with Crippen molar-refractivity contribution in [1.29, 1.82) is 0 Å². The fourth-order valence-corrected chi connectivity index (χ4v) is 3.01. The number of hydrogen-bond donors (Lipinski definition) is 1. The van der Waals surface area contributed by atoms with Crippen LogP contribution in [0.2, 0.25) is 0 Å². The molecule has 0 amide bonds. The van der Waals surface area contributed by atoms with Crippen LogP contribution < -0.4 is 10.2 Å². The fourth-order valence-electron chi connectivity index (χ4n) is 3.01. The molecule has 1 heterocycles. The van der Waals surface area contributed by atoms with Gasteiger partial charge in [-0.3, -0.25) is 0 Å². The SMILES string of the molecule is CCOC(=O)c1cc(NCc2ccc(C)cc2)ccc1N1CCOCC1.Cl. The van der Waals surface area contributed by atoms with Gasteiger partial charge in [-0.1, -0.05) is 29.8 Å². The van der Waals surface area contributed by atoms with Gasteiger partial charge in [0.1, 0.15) is 0 Å². The van der Waals surface area contributed by atoms with Crippen molar-refractivity contribution >= 4 is 29.8 Å². The van der Waals surface area contributed by atoms with Gasteiger partial charge in [-0.25, -0.2) is 4.79 Å². The third kappa shape index (κ3) is 5.62. The van der Waals surface area contributed by atoms with Gasteiger partial charge in [-0.05, 0) is 37.6 Å². The molecule has 0 bridgehead atoms. The first-order valence-corrected chi connectivity index (χ1v) is 9.10. The van der Waals surface area contributed by atoms with Crippen LogP contribution in [0.5, 0.6) is 0 Å². The normalized spacial score (nSPS) is 13.6. The highest BCUT2D eigenvalue weighted by molar-refractivity contribution is 5.97. The number of carbonyl (C=O) groups is 1. The molecule has 0 radical (unpaired) electrons.